The minimum absolute atomic E-state index is 0.000639. The zero-order valence-electron chi connectivity index (χ0n) is 25.9. The summed E-state index contributed by atoms with van der Waals surface area (Å²) in [4.78, 5) is 38.7. The summed E-state index contributed by atoms with van der Waals surface area (Å²) < 4.78 is 11.2. The maximum atomic E-state index is 12.9. The number of benzene rings is 4. The molecule has 0 aromatic heterocycles. The number of aliphatic hydroxyl groups is 1. The Balaban J connectivity index is 1.33. The molecule has 0 saturated carbocycles. The molecule has 4 rings (SSSR count). The lowest BCUT2D eigenvalue weighted by molar-refractivity contribution is -0.384. The summed E-state index contributed by atoms with van der Waals surface area (Å²) in [6, 6.07) is 25.8. The number of carboxylic acids is 1. The fourth-order valence-electron chi connectivity index (χ4n) is 4.45. The fraction of sp³-hybridized carbons (Fsp3) is 0.206. The number of carboxylic acid groups (broad SMARTS) is 1. The molecule has 0 radical (unpaired) electrons. The first-order valence-corrected chi connectivity index (χ1v) is 14.7. The highest BCUT2D eigenvalue weighted by molar-refractivity contribution is 5.95. The van der Waals surface area contributed by atoms with E-state index >= 15 is 0 Å². The molecule has 4 aromatic carbocycles. The number of nitrogens with zero attached hydrogens (tertiary/aromatic N) is 6. The van der Waals surface area contributed by atoms with Crippen LogP contribution in [0.1, 0.15) is 26.3 Å². The van der Waals surface area contributed by atoms with Crippen LogP contribution in [0.25, 0.3) is 0 Å². The maximum Gasteiger partial charge on any atom is 0.338 e. The van der Waals surface area contributed by atoms with E-state index in [0.29, 0.717) is 23.5 Å². The van der Waals surface area contributed by atoms with Crippen LogP contribution in [0.4, 0.5) is 28.4 Å². The Morgan fingerprint density at radius 3 is 2.04 bits per heavy atom. The second-order valence-electron chi connectivity index (χ2n) is 10.3. The smallest absolute Gasteiger partial charge is 0.338 e. The number of rotatable bonds is 16. The van der Waals surface area contributed by atoms with Gasteiger partial charge in [-0.05, 0) is 78.9 Å². The Bertz CT molecular complexity index is 1790. The summed E-state index contributed by atoms with van der Waals surface area (Å²) in [7, 11) is 1.78. The van der Waals surface area contributed by atoms with Crippen molar-refractivity contribution in [1.29, 1.82) is 5.26 Å². The van der Waals surface area contributed by atoms with Crippen molar-refractivity contribution in [3.63, 3.8) is 0 Å². The van der Waals surface area contributed by atoms with Gasteiger partial charge in [-0.15, -0.1) is 0 Å². The quantitative estimate of drug-likeness (QED) is 0.0648. The summed E-state index contributed by atoms with van der Waals surface area (Å²) >= 11 is 0. The third-order valence-electron chi connectivity index (χ3n) is 7.04. The van der Waals surface area contributed by atoms with Gasteiger partial charge in [-0.2, -0.15) is 15.5 Å². The first-order chi connectivity index (χ1) is 23.2. The van der Waals surface area contributed by atoms with Gasteiger partial charge in [-0.1, -0.05) is 0 Å². The van der Waals surface area contributed by atoms with Gasteiger partial charge in [-0.3, -0.25) is 10.1 Å². The van der Waals surface area contributed by atoms with Gasteiger partial charge in [0, 0.05) is 37.1 Å². The molecule has 246 valence electrons. The number of hydrogen-bond acceptors (Lipinski definition) is 12. The third kappa shape index (κ3) is 9.83. The number of carbonyl (C=O) groups excluding carboxylic acids is 1. The van der Waals surface area contributed by atoms with E-state index in [-0.39, 0.29) is 55.5 Å². The monoisotopic (exact) mass is 652 g/mol. The van der Waals surface area contributed by atoms with Crippen molar-refractivity contribution in [3.8, 4) is 11.8 Å². The van der Waals surface area contributed by atoms with Crippen LogP contribution in [0.2, 0.25) is 0 Å². The number of nitro benzene ring substituents is 1. The summed E-state index contributed by atoms with van der Waals surface area (Å²) in [5.41, 5.74) is 3.02. The molecule has 0 heterocycles. The van der Waals surface area contributed by atoms with Crippen LogP contribution in [0.3, 0.4) is 0 Å². The number of azo groups is 1. The number of likely N-dealkylation sites (N-methyl/N-ethyl adjacent to an activating group) is 1. The van der Waals surface area contributed by atoms with E-state index in [1.807, 2.05) is 15.9 Å². The Morgan fingerprint density at radius 1 is 0.854 bits per heavy atom. The van der Waals surface area contributed by atoms with Crippen LogP contribution in [0.15, 0.2) is 101 Å². The van der Waals surface area contributed by atoms with Crippen molar-refractivity contribution in [2.24, 2.45) is 10.2 Å². The third-order valence-corrected chi connectivity index (χ3v) is 7.04. The summed E-state index contributed by atoms with van der Waals surface area (Å²) in [6.45, 7) is 0.828. The first kappa shape index (κ1) is 34.5. The van der Waals surface area contributed by atoms with Gasteiger partial charge in [0.1, 0.15) is 19.0 Å². The molecule has 2 N–H and O–H groups in total. The highest BCUT2D eigenvalue weighted by Gasteiger charge is 2.16. The van der Waals surface area contributed by atoms with Crippen LogP contribution < -0.4 is 14.5 Å². The minimum atomic E-state index is -1.24. The second-order valence-corrected chi connectivity index (χ2v) is 10.3. The van der Waals surface area contributed by atoms with E-state index in [9.17, 15) is 29.9 Å². The summed E-state index contributed by atoms with van der Waals surface area (Å²) in [6.07, 6.45) is 0. The number of nitro groups is 1. The lowest BCUT2D eigenvalue weighted by Gasteiger charge is -2.23. The molecule has 14 nitrogen and oxygen atoms in total. The lowest BCUT2D eigenvalue weighted by Crippen LogP contribution is -2.31. The van der Waals surface area contributed by atoms with Crippen LogP contribution in [-0.2, 0) is 4.74 Å². The SMILES string of the molecule is CN(CCOc1cc(C(=O)O)cc(C(=O)OCCN(CCO)c2ccc(N=Nc3ccc(C#N)cc3)cc2)c1)c1ccc([N+](=O)[O-])cc1. The molecule has 0 amide bonds. The minimum Gasteiger partial charge on any atom is -0.492 e. The molecule has 0 aliphatic heterocycles. The molecular formula is C34H32N6O8. The summed E-state index contributed by atoms with van der Waals surface area (Å²) in [5.74, 6) is -1.82. The number of ether oxygens (including phenoxy) is 2. The van der Waals surface area contributed by atoms with Gasteiger partial charge in [-0.25, -0.2) is 9.59 Å². The number of aliphatic hydroxyl groups excluding tert-OH is 1. The van der Waals surface area contributed by atoms with Gasteiger partial charge in [0.15, 0.2) is 0 Å². The molecule has 14 heteroatoms. The van der Waals surface area contributed by atoms with E-state index in [4.69, 9.17) is 14.7 Å². The van der Waals surface area contributed by atoms with Crippen molar-refractivity contribution in [2.45, 2.75) is 0 Å². The highest BCUT2D eigenvalue weighted by atomic mass is 16.6. The Labute approximate surface area is 275 Å². The average Bonchev–Trinajstić information content (AvgIpc) is 3.10. The van der Waals surface area contributed by atoms with Crippen LogP contribution >= 0.6 is 0 Å². The molecule has 0 spiro atoms. The Morgan fingerprint density at radius 2 is 1.46 bits per heavy atom. The molecule has 0 unspecified atom stereocenters. The molecule has 0 aliphatic carbocycles. The van der Waals surface area contributed by atoms with Crippen molar-refractivity contribution in [3.05, 3.63) is 118 Å². The molecule has 48 heavy (non-hydrogen) atoms. The molecule has 0 atom stereocenters. The topological polar surface area (TPSA) is 191 Å². The Kier molecular flexibility index (Phi) is 12.1. The van der Waals surface area contributed by atoms with Crippen LogP contribution in [0, 0.1) is 21.4 Å². The van der Waals surface area contributed by atoms with Crippen LogP contribution in [-0.4, -0.2) is 73.6 Å². The van der Waals surface area contributed by atoms with E-state index in [1.165, 1.54) is 30.3 Å². The fourth-order valence-corrected chi connectivity index (χ4v) is 4.45. The predicted octanol–water partition coefficient (Wildman–Crippen LogP) is 5.75. The van der Waals surface area contributed by atoms with Gasteiger partial charge in [0.25, 0.3) is 5.69 Å². The largest absolute Gasteiger partial charge is 0.492 e. The number of hydrogen-bond donors (Lipinski definition) is 2. The van der Waals surface area contributed by atoms with Crippen molar-refractivity contribution in [1.82, 2.24) is 0 Å². The molecule has 0 bridgehead atoms. The zero-order chi connectivity index (χ0) is 34.5. The standard InChI is InChI=1S/C34H32N6O8/c1-38(29-10-12-31(13-11-29)40(45)46)15-18-47-32-21-25(33(42)43)20-26(22-32)34(44)48-19-16-39(14-17-41)30-8-6-28(7-9-30)37-36-27-4-2-24(23-35)3-5-27/h2-13,20-22,41H,14-19H2,1H3,(H,42,43). The van der Waals surface area contributed by atoms with Gasteiger partial charge in [0.05, 0.1) is 58.8 Å². The molecule has 0 fully saturated rings. The number of carbonyl (C=O) groups is 2. The normalized spacial score (nSPS) is 10.7. The van der Waals surface area contributed by atoms with E-state index in [1.54, 1.807) is 67.7 Å². The molecule has 0 aliphatic rings. The summed E-state index contributed by atoms with van der Waals surface area (Å²) in [5, 5.41) is 47.4. The van der Waals surface area contributed by atoms with Gasteiger partial charge in [0.2, 0.25) is 0 Å². The number of non-ortho nitro benzene ring substituents is 1. The lowest BCUT2D eigenvalue weighted by atomic mass is 10.1. The van der Waals surface area contributed by atoms with Crippen molar-refractivity contribution >= 4 is 40.4 Å². The van der Waals surface area contributed by atoms with E-state index < -0.39 is 16.9 Å². The average molecular weight is 653 g/mol. The number of esters is 1. The maximum absolute atomic E-state index is 12.9. The van der Waals surface area contributed by atoms with Gasteiger partial charge < -0.3 is 29.5 Å². The molecule has 0 saturated heterocycles. The first-order valence-electron chi connectivity index (χ1n) is 14.7. The molecular weight excluding hydrogens is 620 g/mol. The number of anilines is 2. The van der Waals surface area contributed by atoms with E-state index in [2.05, 4.69) is 10.2 Å². The van der Waals surface area contributed by atoms with Gasteiger partial charge >= 0.3 is 11.9 Å². The number of aromatic carboxylic acids is 1. The molecule has 4 aromatic rings. The van der Waals surface area contributed by atoms with Crippen molar-refractivity contribution < 1.29 is 34.2 Å². The highest BCUT2D eigenvalue weighted by Crippen LogP contribution is 2.24. The number of nitriles is 1. The van der Waals surface area contributed by atoms with E-state index in [0.717, 1.165) is 11.4 Å². The Hall–Kier alpha value is -6.33. The predicted molar refractivity (Wildman–Crippen MR) is 177 cm³/mol. The second kappa shape index (κ2) is 16.8. The zero-order valence-corrected chi connectivity index (χ0v) is 25.9. The van der Waals surface area contributed by atoms with Crippen LogP contribution in [0.5, 0.6) is 5.75 Å². The van der Waals surface area contributed by atoms with Crippen molar-refractivity contribution in [2.75, 3.05) is 56.3 Å².